The van der Waals surface area contributed by atoms with Crippen molar-refractivity contribution in [3.8, 4) is 11.5 Å². The largest absolute Gasteiger partial charge is 0.411 e. The molecule has 0 radical (unpaired) electrons. The first-order valence-electron chi connectivity index (χ1n) is 8.08. The molecule has 1 unspecified atom stereocenters. The summed E-state index contributed by atoms with van der Waals surface area (Å²) in [5.74, 6) is 0.554. The van der Waals surface area contributed by atoms with Gasteiger partial charge in [0.05, 0.1) is 22.4 Å². The number of hydrogen-bond donors (Lipinski definition) is 0. The summed E-state index contributed by atoms with van der Waals surface area (Å²) in [7, 11) is 1.80. The fraction of sp³-hybridized carbons (Fsp3) is 0.211. The normalized spacial score (nSPS) is 12.0. The van der Waals surface area contributed by atoms with Gasteiger partial charge in [-0.2, -0.15) is 0 Å². The van der Waals surface area contributed by atoms with E-state index in [1.165, 1.54) is 11.8 Å². The number of benzene rings is 2. The number of aromatic nitrogens is 2. The van der Waals surface area contributed by atoms with E-state index < -0.39 is 0 Å². The van der Waals surface area contributed by atoms with Crippen LogP contribution in [0.5, 0.6) is 0 Å². The summed E-state index contributed by atoms with van der Waals surface area (Å²) in [5, 5.41) is 8.87. The minimum absolute atomic E-state index is 0.00864. The first-order valence-corrected chi connectivity index (χ1v) is 9.44. The number of hydrogen-bond acceptors (Lipinski definition) is 5. The Morgan fingerprint density at radius 2 is 1.85 bits per heavy atom. The zero-order valence-corrected chi connectivity index (χ0v) is 16.0. The van der Waals surface area contributed by atoms with Crippen molar-refractivity contribution in [2.24, 2.45) is 0 Å². The third kappa shape index (κ3) is 4.26. The first-order chi connectivity index (χ1) is 12.6. The molecule has 0 fully saturated rings. The third-order valence-electron chi connectivity index (χ3n) is 4.09. The fourth-order valence-electron chi connectivity index (χ4n) is 2.41. The molecule has 0 bridgehead atoms. The third-order valence-corrected chi connectivity index (χ3v) is 5.22. The van der Waals surface area contributed by atoms with Crippen LogP contribution in [0.4, 0.5) is 0 Å². The lowest BCUT2D eigenvalue weighted by atomic mass is 10.1. The van der Waals surface area contributed by atoms with Gasteiger partial charge in [-0.15, -0.1) is 10.2 Å². The van der Waals surface area contributed by atoms with Crippen LogP contribution in [-0.4, -0.2) is 33.8 Å². The summed E-state index contributed by atoms with van der Waals surface area (Å²) in [5.41, 5.74) is 1.77. The number of halogens is 1. The fourth-order valence-corrected chi connectivity index (χ4v) is 3.31. The number of nitrogens with zero attached hydrogens (tertiary/aromatic N) is 3. The maximum Gasteiger partial charge on any atom is 0.277 e. The zero-order valence-electron chi connectivity index (χ0n) is 14.4. The number of carbonyl (C=O) groups excluding carboxylic acids is 1. The van der Waals surface area contributed by atoms with Crippen molar-refractivity contribution >= 4 is 29.3 Å². The van der Waals surface area contributed by atoms with Crippen molar-refractivity contribution in [2.75, 3.05) is 12.8 Å². The maximum atomic E-state index is 12.5. The van der Waals surface area contributed by atoms with Crippen molar-refractivity contribution in [1.29, 1.82) is 0 Å². The molecule has 0 aliphatic rings. The van der Waals surface area contributed by atoms with Crippen molar-refractivity contribution in [1.82, 2.24) is 15.1 Å². The lowest BCUT2D eigenvalue weighted by Crippen LogP contribution is -2.31. The molecule has 2 aromatic carbocycles. The topological polar surface area (TPSA) is 59.2 Å². The highest BCUT2D eigenvalue weighted by molar-refractivity contribution is 7.99. The van der Waals surface area contributed by atoms with E-state index in [1.807, 2.05) is 55.5 Å². The molecule has 3 rings (SSSR count). The van der Waals surface area contributed by atoms with E-state index in [2.05, 4.69) is 10.2 Å². The number of rotatable bonds is 6. The van der Waals surface area contributed by atoms with Gasteiger partial charge in [-0.25, -0.2) is 0 Å². The molecule has 0 saturated heterocycles. The lowest BCUT2D eigenvalue weighted by Gasteiger charge is -2.25. The predicted molar refractivity (Wildman–Crippen MR) is 103 cm³/mol. The highest BCUT2D eigenvalue weighted by atomic mass is 35.5. The van der Waals surface area contributed by atoms with Crippen LogP contribution >= 0.6 is 23.4 Å². The molecule has 0 aliphatic carbocycles. The quantitative estimate of drug-likeness (QED) is 0.573. The highest BCUT2D eigenvalue weighted by Gasteiger charge is 2.19. The van der Waals surface area contributed by atoms with Gasteiger partial charge >= 0.3 is 0 Å². The van der Waals surface area contributed by atoms with Crippen molar-refractivity contribution in [3.63, 3.8) is 0 Å². The molecule has 1 amide bonds. The molecule has 3 aromatic rings. The summed E-state index contributed by atoms with van der Waals surface area (Å²) >= 11 is 7.35. The van der Waals surface area contributed by atoms with E-state index in [0.29, 0.717) is 21.7 Å². The van der Waals surface area contributed by atoms with Gasteiger partial charge < -0.3 is 9.32 Å². The van der Waals surface area contributed by atoms with Crippen LogP contribution in [0.3, 0.4) is 0 Å². The molecule has 1 atom stereocenters. The summed E-state index contributed by atoms with van der Waals surface area (Å²) < 4.78 is 5.61. The smallest absolute Gasteiger partial charge is 0.277 e. The monoisotopic (exact) mass is 387 g/mol. The minimum atomic E-state index is -0.0103. The second-order valence-electron chi connectivity index (χ2n) is 5.73. The number of amides is 1. The van der Waals surface area contributed by atoms with E-state index in [1.54, 1.807) is 18.0 Å². The van der Waals surface area contributed by atoms with Crippen LogP contribution in [0, 0.1) is 0 Å². The molecule has 1 heterocycles. The Kier molecular flexibility index (Phi) is 5.96. The van der Waals surface area contributed by atoms with Gasteiger partial charge in [0.1, 0.15) is 0 Å². The molecule has 0 N–H and O–H groups in total. The van der Waals surface area contributed by atoms with Gasteiger partial charge in [0.15, 0.2) is 0 Å². The average Bonchev–Trinajstić information content (AvgIpc) is 3.14. The molecule has 5 nitrogen and oxygen atoms in total. The zero-order chi connectivity index (χ0) is 18.5. The van der Waals surface area contributed by atoms with Crippen molar-refractivity contribution in [2.45, 2.75) is 18.2 Å². The SMILES string of the molecule is CC(c1ccccc1)N(C)C(=O)CSc1nnc(-c2ccccc2Cl)o1. The number of carbonyl (C=O) groups is 1. The average molecular weight is 388 g/mol. The van der Waals surface area contributed by atoms with Gasteiger partial charge in [-0.05, 0) is 24.6 Å². The summed E-state index contributed by atoms with van der Waals surface area (Å²) in [6.45, 7) is 2.00. The van der Waals surface area contributed by atoms with Crippen LogP contribution in [0.2, 0.25) is 5.02 Å². The minimum Gasteiger partial charge on any atom is -0.411 e. The van der Waals surface area contributed by atoms with Crippen LogP contribution in [0.1, 0.15) is 18.5 Å². The van der Waals surface area contributed by atoms with E-state index in [0.717, 1.165) is 5.56 Å². The van der Waals surface area contributed by atoms with Crippen LogP contribution < -0.4 is 0 Å². The van der Waals surface area contributed by atoms with Crippen molar-refractivity contribution in [3.05, 3.63) is 65.2 Å². The number of thioether (sulfide) groups is 1. The van der Waals surface area contributed by atoms with E-state index >= 15 is 0 Å². The summed E-state index contributed by atoms with van der Waals surface area (Å²) in [6.07, 6.45) is 0. The Morgan fingerprint density at radius 3 is 2.58 bits per heavy atom. The van der Waals surface area contributed by atoms with E-state index in [9.17, 15) is 4.79 Å². The summed E-state index contributed by atoms with van der Waals surface area (Å²) in [6, 6.07) is 17.2. The van der Waals surface area contributed by atoms with Gasteiger partial charge in [0.25, 0.3) is 5.22 Å². The predicted octanol–water partition coefficient (Wildman–Crippen LogP) is 4.70. The molecule has 1 aromatic heterocycles. The molecule has 0 spiro atoms. The Morgan fingerprint density at radius 1 is 1.15 bits per heavy atom. The highest BCUT2D eigenvalue weighted by Crippen LogP contribution is 2.29. The molecular formula is C19H18ClN3O2S. The second kappa shape index (κ2) is 8.38. The van der Waals surface area contributed by atoms with Gasteiger partial charge in [0.2, 0.25) is 11.8 Å². The van der Waals surface area contributed by atoms with Gasteiger partial charge in [-0.3, -0.25) is 4.79 Å². The summed E-state index contributed by atoms with van der Waals surface area (Å²) in [4.78, 5) is 14.2. The Labute approximate surface area is 161 Å². The van der Waals surface area contributed by atoms with Crippen LogP contribution in [-0.2, 0) is 4.79 Å². The van der Waals surface area contributed by atoms with E-state index in [-0.39, 0.29) is 17.7 Å². The van der Waals surface area contributed by atoms with Gasteiger partial charge in [-0.1, -0.05) is 65.8 Å². The maximum absolute atomic E-state index is 12.5. The molecule has 134 valence electrons. The second-order valence-corrected chi connectivity index (χ2v) is 7.07. The van der Waals surface area contributed by atoms with Crippen molar-refractivity contribution < 1.29 is 9.21 Å². The van der Waals surface area contributed by atoms with E-state index in [4.69, 9.17) is 16.0 Å². The molecule has 0 aliphatic heterocycles. The molecular weight excluding hydrogens is 370 g/mol. The molecule has 7 heteroatoms. The standard InChI is InChI=1S/C19H18ClN3O2S/c1-13(14-8-4-3-5-9-14)23(2)17(24)12-26-19-22-21-18(25-19)15-10-6-7-11-16(15)20/h3-11,13H,12H2,1-2H3. The Hall–Kier alpha value is -2.31. The molecule has 26 heavy (non-hydrogen) atoms. The van der Waals surface area contributed by atoms with Crippen LogP contribution in [0.25, 0.3) is 11.5 Å². The first kappa shape index (κ1) is 18.5. The molecule has 0 saturated carbocycles. The Balaban J connectivity index is 1.61. The lowest BCUT2D eigenvalue weighted by molar-refractivity contribution is -0.128. The van der Waals surface area contributed by atoms with Gasteiger partial charge in [0, 0.05) is 7.05 Å². The Bertz CT molecular complexity index is 885. The van der Waals surface area contributed by atoms with Crippen LogP contribution in [0.15, 0.2) is 64.2 Å².